The molecule has 15 heavy (non-hydrogen) atoms. The zero-order chi connectivity index (χ0) is 11.7. The third-order valence-corrected chi connectivity index (χ3v) is 2.09. The summed E-state index contributed by atoms with van der Waals surface area (Å²) in [5.74, 6) is 6.06. The molecule has 0 aliphatic heterocycles. The quantitative estimate of drug-likeness (QED) is 0.214. The number of hydrazine groups is 1. The molecule has 0 spiro atoms. The highest BCUT2D eigenvalue weighted by atomic mass is 15.3. The lowest BCUT2D eigenvalue weighted by molar-refractivity contribution is 0.377. The molecule has 0 aromatic heterocycles. The topological polar surface area (TPSA) is 62.4 Å². The van der Waals surface area contributed by atoms with Crippen molar-refractivity contribution in [3.8, 4) is 0 Å². The van der Waals surface area contributed by atoms with E-state index in [2.05, 4.69) is 43.4 Å². The van der Waals surface area contributed by atoms with E-state index < -0.39 is 0 Å². The maximum atomic E-state index is 5.36. The number of hydrogen-bond donors (Lipinski definition) is 3. The molecule has 0 aliphatic carbocycles. The van der Waals surface area contributed by atoms with Crippen molar-refractivity contribution in [2.45, 2.75) is 47.0 Å². The Balaban J connectivity index is 3.75. The van der Waals surface area contributed by atoms with E-state index in [-0.39, 0.29) is 0 Å². The van der Waals surface area contributed by atoms with Gasteiger partial charge in [0.05, 0.1) is 0 Å². The monoisotopic (exact) mass is 214 g/mol. The molecule has 0 amide bonds. The Bertz CT molecular complexity index is 182. The number of hydrogen-bond acceptors (Lipinski definition) is 2. The molecule has 0 aromatic carbocycles. The van der Waals surface area contributed by atoms with Gasteiger partial charge in [-0.3, -0.25) is 10.4 Å². The molecule has 90 valence electrons. The molecule has 4 heteroatoms. The number of unbranched alkanes of at least 4 members (excludes halogenated alkanes) is 1. The highest BCUT2D eigenvalue weighted by Crippen LogP contribution is 2.16. The van der Waals surface area contributed by atoms with Crippen molar-refractivity contribution in [3.05, 3.63) is 0 Å². The van der Waals surface area contributed by atoms with Crippen molar-refractivity contribution in [1.29, 1.82) is 0 Å². The first-order valence-electron chi connectivity index (χ1n) is 5.74. The van der Waals surface area contributed by atoms with Crippen LogP contribution in [0.15, 0.2) is 4.99 Å². The van der Waals surface area contributed by atoms with Gasteiger partial charge in [0.15, 0.2) is 0 Å². The zero-order valence-corrected chi connectivity index (χ0v) is 10.6. The molecule has 0 saturated heterocycles. The van der Waals surface area contributed by atoms with Crippen LogP contribution in [0.4, 0.5) is 0 Å². The van der Waals surface area contributed by atoms with Gasteiger partial charge in [-0.2, -0.15) is 0 Å². The van der Waals surface area contributed by atoms with Crippen LogP contribution in [0, 0.1) is 5.41 Å². The highest BCUT2D eigenvalue weighted by molar-refractivity contribution is 5.79. The molecule has 0 saturated carbocycles. The largest absolute Gasteiger partial charge is 0.355 e. The fraction of sp³-hybridized carbons (Fsp3) is 0.909. The minimum absolute atomic E-state index is 0.343. The van der Waals surface area contributed by atoms with Crippen molar-refractivity contribution in [1.82, 2.24) is 10.7 Å². The third kappa shape index (κ3) is 9.53. The average molecular weight is 214 g/mol. The SMILES string of the molecule is CCCCN=C(NN)NCCC(C)(C)C. The van der Waals surface area contributed by atoms with Gasteiger partial charge in [0.2, 0.25) is 5.96 Å². The van der Waals surface area contributed by atoms with Crippen LogP contribution in [0.2, 0.25) is 0 Å². The van der Waals surface area contributed by atoms with Gasteiger partial charge in [0, 0.05) is 13.1 Å². The van der Waals surface area contributed by atoms with Crippen LogP contribution in [-0.4, -0.2) is 19.0 Å². The number of guanidine groups is 1. The van der Waals surface area contributed by atoms with E-state index in [1.54, 1.807) is 0 Å². The first-order chi connectivity index (χ1) is 6.99. The van der Waals surface area contributed by atoms with E-state index in [0.29, 0.717) is 11.4 Å². The summed E-state index contributed by atoms with van der Waals surface area (Å²) >= 11 is 0. The molecule has 4 nitrogen and oxygen atoms in total. The van der Waals surface area contributed by atoms with Crippen LogP contribution in [-0.2, 0) is 0 Å². The van der Waals surface area contributed by atoms with Gasteiger partial charge in [0.25, 0.3) is 0 Å². The van der Waals surface area contributed by atoms with Gasteiger partial charge < -0.3 is 5.32 Å². The summed E-state index contributed by atoms with van der Waals surface area (Å²) < 4.78 is 0. The van der Waals surface area contributed by atoms with Crippen molar-refractivity contribution in [3.63, 3.8) is 0 Å². The van der Waals surface area contributed by atoms with Crippen molar-refractivity contribution < 1.29 is 0 Å². The highest BCUT2D eigenvalue weighted by Gasteiger charge is 2.09. The molecular formula is C11H26N4. The fourth-order valence-electron chi connectivity index (χ4n) is 1.06. The Morgan fingerprint density at radius 3 is 2.47 bits per heavy atom. The maximum Gasteiger partial charge on any atom is 0.205 e. The smallest absolute Gasteiger partial charge is 0.205 e. The summed E-state index contributed by atoms with van der Waals surface area (Å²) in [4.78, 5) is 4.32. The lowest BCUT2D eigenvalue weighted by atomic mass is 9.92. The van der Waals surface area contributed by atoms with E-state index in [1.807, 2.05) is 0 Å². The van der Waals surface area contributed by atoms with E-state index >= 15 is 0 Å². The fourth-order valence-corrected chi connectivity index (χ4v) is 1.06. The van der Waals surface area contributed by atoms with Gasteiger partial charge in [0.1, 0.15) is 0 Å². The van der Waals surface area contributed by atoms with Crippen molar-refractivity contribution >= 4 is 5.96 Å². The molecule has 0 bridgehead atoms. The summed E-state index contributed by atoms with van der Waals surface area (Å²) in [6, 6.07) is 0. The first-order valence-corrected chi connectivity index (χ1v) is 5.74. The summed E-state index contributed by atoms with van der Waals surface area (Å²) in [6.45, 7) is 10.5. The number of rotatable bonds is 5. The lowest BCUT2D eigenvalue weighted by Crippen LogP contribution is -2.42. The van der Waals surface area contributed by atoms with Crippen molar-refractivity contribution in [2.75, 3.05) is 13.1 Å². The van der Waals surface area contributed by atoms with Gasteiger partial charge in [-0.25, -0.2) is 5.84 Å². The van der Waals surface area contributed by atoms with E-state index in [4.69, 9.17) is 5.84 Å². The van der Waals surface area contributed by atoms with E-state index in [1.165, 1.54) is 0 Å². The third-order valence-electron chi connectivity index (χ3n) is 2.09. The molecule has 0 heterocycles. The zero-order valence-electron chi connectivity index (χ0n) is 10.6. The second-order valence-electron chi connectivity index (χ2n) is 4.97. The molecule has 0 fully saturated rings. The normalized spacial score (nSPS) is 12.7. The molecule has 0 radical (unpaired) electrons. The summed E-state index contributed by atoms with van der Waals surface area (Å²) in [5, 5.41) is 3.20. The van der Waals surface area contributed by atoms with E-state index in [0.717, 1.165) is 32.4 Å². The standard InChI is InChI=1S/C11H26N4/c1-5-6-8-13-10(15-12)14-9-7-11(2,3)4/h5-9,12H2,1-4H3,(H2,13,14,15). The van der Waals surface area contributed by atoms with Crippen LogP contribution in [0.1, 0.15) is 47.0 Å². The minimum Gasteiger partial charge on any atom is -0.355 e. The predicted octanol–water partition coefficient (Wildman–Crippen LogP) is 1.63. The molecule has 0 rings (SSSR count). The first kappa shape index (κ1) is 14.2. The van der Waals surface area contributed by atoms with Crippen LogP contribution < -0.4 is 16.6 Å². The second-order valence-corrected chi connectivity index (χ2v) is 4.97. The predicted molar refractivity (Wildman–Crippen MR) is 66.6 cm³/mol. The Labute approximate surface area is 93.7 Å². The average Bonchev–Trinajstić information content (AvgIpc) is 2.14. The number of nitrogens with one attached hydrogen (secondary N) is 2. The van der Waals surface area contributed by atoms with Crippen LogP contribution in [0.3, 0.4) is 0 Å². The van der Waals surface area contributed by atoms with Gasteiger partial charge in [-0.15, -0.1) is 0 Å². The molecule has 0 atom stereocenters. The van der Waals surface area contributed by atoms with Crippen molar-refractivity contribution in [2.24, 2.45) is 16.3 Å². The number of nitrogens with two attached hydrogens (primary N) is 1. The van der Waals surface area contributed by atoms with Gasteiger partial charge in [-0.05, 0) is 18.3 Å². The lowest BCUT2D eigenvalue weighted by Gasteiger charge is -2.18. The number of aliphatic imine (C=N–C) groups is 1. The van der Waals surface area contributed by atoms with Gasteiger partial charge in [-0.1, -0.05) is 34.1 Å². The van der Waals surface area contributed by atoms with Crippen LogP contribution >= 0.6 is 0 Å². The maximum absolute atomic E-state index is 5.36. The minimum atomic E-state index is 0.343. The van der Waals surface area contributed by atoms with Gasteiger partial charge >= 0.3 is 0 Å². The number of nitrogens with zero attached hydrogens (tertiary/aromatic N) is 1. The van der Waals surface area contributed by atoms with E-state index in [9.17, 15) is 0 Å². The second kappa shape index (κ2) is 7.51. The Hall–Kier alpha value is -0.770. The molecule has 0 aromatic rings. The Morgan fingerprint density at radius 1 is 1.33 bits per heavy atom. The molecule has 0 unspecified atom stereocenters. The molecule has 0 aliphatic rings. The molecular weight excluding hydrogens is 188 g/mol. The van der Waals surface area contributed by atoms with Crippen LogP contribution in [0.25, 0.3) is 0 Å². The van der Waals surface area contributed by atoms with Crippen LogP contribution in [0.5, 0.6) is 0 Å². The summed E-state index contributed by atoms with van der Waals surface area (Å²) in [6.07, 6.45) is 3.36. The Morgan fingerprint density at radius 2 is 2.00 bits per heavy atom. The summed E-state index contributed by atoms with van der Waals surface area (Å²) in [5.41, 5.74) is 2.93. The summed E-state index contributed by atoms with van der Waals surface area (Å²) in [7, 11) is 0. The molecule has 4 N–H and O–H groups in total. The Kier molecular flexibility index (Phi) is 7.13.